The fourth-order valence-electron chi connectivity index (χ4n) is 5.53. The van der Waals surface area contributed by atoms with Crippen molar-refractivity contribution in [2.75, 3.05) is 18.9 Å². The number of nitrogen functional groups attached to an aromatic ring is 1. The predicted molar refractivity (Wildman–Crippen MR) is 160 cm³/mol. The number of carbonyl (C=O) groups excluding carboxylic acids is 1. The molecular weight excluding hydrogens is 696 g/mol. The molecule has 248 valence electrons. The lowest BCUT2D eigenvalue weighted by Gasteiger charge is -2.29. The van der Waals surface area contributed by atoms with E-state index in [0.717, 1.165) is 0 Å². The molecule has 3 saturated heterocycles. The molecule has 4 aliphatic heterocycles. The van der Waals surface area contributed by atoms with Crippen molar-refractivity contribution >= 4 is 72.1 Å². The zero-order valence-corrected chi connectivity index (χ0v) is 26.5. The number of ketones is 1. The molecule has 3 aromatic heterocycles. The Morgan fingerprint density at radius 1 is 1.00 bits per heavy atom. The fraction of sp³-hybridized carbons (Fsp3) is 0.524. The van der Waals surface area contributed by atoms with Crippen LogP contribution >= 0.6 is 25.8 Å². The number of hydrogen-bond donors (Lipinski definition) is 7. The van der Waals surface area contributed by atoms with Gasteiger partial charge in [0.2, 0.25) is 5.95 Å². The van der Waals surface area contributed by atoms with Gasteiger partial charge in [-0.3, -0.25) is 37.3 Å². The average molecular weight is 722 g/mol. The Bertz CT molecular complexity index is 1920. The normalized spacial score (nSPS) is 38.4. The first-order chi connectivity index (χ1) is 21.7. The largest absolute Gasteiger partial charge is 0.387 e. The second-order valence-corrected chi connectivity index (χ2v) is 16.2. The first-order valence-corrected chi connectivity index (χ1v) is 18.6. The maximum atomic E-state index is 13.4. The molecule has 0 bridgehead atoms. The second-order valence-electron chi connectivity index (χ2n) is 10.6. The summed E-state index contributed by atoms with van der Waals surface area (Å²) >= 11 is 9.26. The molecule has 0 spiro atoms. The highest BCUT2D eigenvalue weighted by atomic mass is 32.7. The van der Waals surface area contributed by atoms with Gasteiger partial charge in [0, 0.05) is 0 Å². The molecule has 21 nitrogen and oxygen atoms in total. The molecule has 4 aliphatic rings. The number of aliphatic hydroxyl groups excluding tert-OH is 2. The lowest BCUT2D eigenvalue weighted by molar-refractivity contribution is -0.0581. The van der Waals surface area contributed by atoms with E-state index in [1.165, 1.54) is 21.8 Å². The number of imidazole rings is 2. The summed E-state index contributed by atoms with van der Waals surface area (Å²) in [7, 11) is 0. The number of aliphatic imine (C=N–C) groups is 1. The number of thiol groups is 1. The van der Waals surface area contributed by atoms with Gasteiger partial charge in [0.25, 0.3) is 5.56 Å². The van der Waals surface area contributed by atoms with Gasteiger partial charge in [-0.25, -0.2) is 19.5 Å². The molecule has 0 aliphatic carbocycles. The third kappa shape index (κ3) is 5.64. The number of hydrogen-bond acceptors (Lipinski definition) is 18. The van der Waals surface area contributed by atoms with Crippen molar-refractivity contribution in [3.8, 4) is 0 Å². The third-order valence-corrected chi connectivity index (χ3v) is 10.7. The number of aromatic nitrogens is 6. The van der Waals surface area contributed by atoms with Crippen LogP contribution in [0.15, 0.2) is 22.4 Å². The maximum absolute atomic E-state index is 13.4. The van der Waals surface area contributed by atoms with E-state index in [1.54, 1.807) is 0 Å². The van der Waals surface area contributed by atoms with E-state index >= 15 is 0 Å². The van der Waals surface area contributed by atoms with Crippen LogP contribution in [0.2, 0.25) is 0 Å². The number of nitrogens with two attached hydrogens (primary N) is 2. The van der Waals surface area contributed by atoms with Crippen LogP contribution in [0.25, 0.3) is 11.2 Å². The van der Waals surface area contributed by atoms with Gasteiger partial charge in [0.05, 0.1) is 32.3 Å². The van der Waals surface area contributed by atoms with Crippen LogP contribution in [0.5, 0.6) is 0 Å². The van der Waals surface area contributed by atoms with E-state index < -0.39 is 87.2 Å². The molecule has 3 fully saturated rings. The number of nitrogens with one attached hydrogen (secondary N) is 1. The number of carbonyl (C=O) groups is 1. The minimum Gasteiger partial charge on any atom is -0.387 e. The van der Waals surface area contributed by atoms with Gasteiger partial charge in [-0.2, -0.15) is 4.98 Å². The Morgan fingerprint density at radius 2 is 1.63 bits per heavy atom. The number of rotatable bonds is 2. The SMILES string of the molecule is NC1=Nc2c(ncn2[C@@H]2O[C@@H]3COP(O)(=S)O[C@H]4[C@@H](O)[C@H](n5cnc6c(=O)[nH]c(N)nc65)O[C@@H]4COP(=O)(S)O[C@H]3[C@H]2O)C(=O)C1. The minimum absolute atomic E-state index is 0.00802. The van der Waals surface area contributed by atoms with Crippen LogP contribution in [0, 0.1) is 0 Å². The number of ether oxygens (including phenoxy) is 2. The molecule has 7 heterocycles. The Morgan fingerprint density at radius 3 is 2.35 bits per heavy atom. The van der Waals surface area contributed by atoms with Crippen molar-refractivity contribution in [2.45, 2.75) is 55.5 Å². The number of anilines is 1. The second kappa shape index (κ2) is 11.5. The molecule has 46 heavy (non-hydrogen) atoms. The Balaban J connectivity index is 1.16. The van der Waals surface area contributed by atoms with Crippen molar-refractivity contribution in [3.05, 3.63) is 28.7 Å². The maximum Gasteiger partial charge on any atom is 0.386 e. The average Bonchev–Trinajstić information content (AvgIpc) is 3.72. The lowest BCUT2D eigenvalue weighted by Crippen LogP contribution is -2.38. The first-order valence-electron chi connectivity index (χ1n) is 13.4. The van der Waals surface area contributed by atoms with Crippen molar-refractivity contribution < 1.29 is 52.0 Å². The molecule has 10 atom stereocenters. The summed E-state index contributed by atoms with van der Waals surface area (Å²) in [6, 6.07) is 0. The molecule has 3 aromatic rings. The van der Waals surface area contributed by atoms with Gasteiger partial charge >= 0.3 is 13.5 Å². The molecule has 8 N–H and O–H groups in total. The molecule has 7 rings (SSSR count). The first kappa shape index (κ1) is 31.9. The highest BCUT2D eigenvalue weighted by Crippen LogP contribution is 2.58. The number of Topliss-reactive ketones (excluding diaryl/α,β-unsaturated/α-hetero) is 1. The molecule has 25 heteroatoms. The monoisotopic (exact) mass is 721 g/mol. The number of fused-ring (bicyclic) bond motifs is 4. The fourth-order valence-corrected chi connectivity index (χ4v) is 8.47. The Kier molecular flexibility index (Phi) is 7.99. The van der Waals surface area contributed by atoms with Gasteiger partial charge in [-0.15, -0.1) is 0 Å². The molecule has 0 radical (unpaired) electrons. The van der Waals surface area contributed by atoms with Crippen LogP contribution in [0.3, 0.4) is 0 Å². The van der Waals surface area contributed by atoms with Crippen LogP contribution in [0.4, 0.5) is 11.8 Å². The zero-order valence-electron chi connectivity index (χ0n) is 23.0. The summed E-state index contributed by atoms with van der Waals surface area (Å²) in [5.74, 6) is -0.561. The van der Waals surface area contributed by atoms with Gasteiger partial charge in [0.1, 0.15) is 42.5 Å². The van der Waals surface area contributed by atoms with E-state index in [0.29, 0.717) is 0 Å². The summed E-state index contributed by atoms with van der Waals surface area (Å²) in [6.45, 7) is -9.73. The topological polar surface area (TPSA) is 296 Å². The van der Waals surface area contributed by atoms with Crippen LogP contribution < -0.4 is 17.0 Å². The van der Waals surface area contributed by atoms with Crippen molar-refractivity contribution in [2.24, 2.45) is 10.7 Å². The summed E-state index contributed by atoms with van der Waals surface area (Å²) in [5.41, 5.74) is 10.7. The summed E-state index contributed by atoms with van der Waals surface area (Å²) < 4.78 is 50.1. The van der Waals surface area contributed by atoms with Gasteiger partial charge in [-0.1, -0.05) is 12.2 Å². The lowest BCUT2D eigenvalue weighted by atomic mass is 10.1. The van der Waals surface area contributed by atoms with Crippen molar-refractivity contribution in [1.82, 2.24) is 29.1 Å². The molecular formula is C21H25N9O12P2S2. The van der Waals surface area contributed by atoms with E-state index in [-0.39, 0.29) is 40.9 Å². The Labute approximate surface area is 266 Å². The summed E-state index contributed by atoms with van der Waals surface area (Å²) in [4.78, 5) is 54.2. The molecule has 0 aromatic carbocycles. The molecule has 2 unspecified atom stereocenters. The van der Waals surface area contributed by atoms with Crippen molar-refractivity contribution in [1.29, 1.82) is 0 Å². The number of aromatic amines is 1. The smallest absolute Gasteiger partial charge is 0.386 e. The number of aliphatic hydroxyl groups is 2. The van der Waals surface area contributed by atoms with Crippen LogP contribution in [-0.4, -0.2) is 106 Å². The Hall–Kier alpha value is -2.63. The van der Waals surface area contributed by atoms with Gasteiger partial charge < -0.3 is 40.6 Å². The van der Waals surface area contributed by atoms with Crippen molar-refractivity contribution in [3.63, 3.8) is 0 Å². The van der Waals surface area contributed by atoms with Gasteiger partial charge in [-0.05, 0) is 11.8 Å². The van der Waals surface area contributed by atoms with E-state index in [2.05, 4.69) is 37.2 Å². The molecule has 0 amide bonds. The van der Waals surface area contributed by atoms with Crippen LogP contribution in [-0.2, 0) is 43.9 Å². The van der Waals surface area contributed by atoms with E-state index in [9.17, 15) is 29.3 Å². The predicted octanol–water partition coefficient (Wildman–Crippen LogP) is -1.24. The number of H-pyrrole nitrogens is 1. The summed E-state index contributed by atoms with van der Waals surface area (Å²) in [6.07, 6.45) is -9.00. The zero-order chi connectivity index (χ0) is 32.7. The standard InChI is InChI=1S/C21H25N9O12P2S2/c22-9-1-6(31)10-16(26-9)29(4-24-10)19-12(32)14-7(39-19)2-37-44(36,46)42-15-8(3-38-43(35,45)41-14)40-20(13(15)33)30-5-25-11-17(30)27-21(23)28-18(11)34/h4-5,7-8,12-15,19-20,32-33H,1-3H2,(H2,22,26)(H,35,45)(H,36,46)(H3,23,27,28,34)/t7-,8-,12-,13-,14-,15-,19-,20-,43?,44?/m1/s1. The van der Waals surface area contributed by atoms with Gasteiger partial charge in [0.15, 0.2) is 40.9 Å². The minimum atomic E-state index is -4.34. The van der Waals surface area contributed by atoms with Crippen LogP contribution in [0.1, 0.15) is 29.4 Å². The van der Waals surface area contributed by atoms with E-state index in [1.807, 2.05) is 0 Å². The number of amidine groups is 1. The highest BCUT2D eigenvalue weighted by molar-refractivity contribution is 8.44. The number of nitrogens with zero attached hydrogens (tertiary/aromatic N) is 6. The summed E-state index contributed by atoms with van der Waals surface area (Å²) in [5, 5.41) is 22.5. The highest BCUT2D eigenvalue weighted by Gasteiger charge is 2.53. The molecule has 0 saturated carbocycles. The quantitative estimate of drug-likeness (QED) is 0.120. The van der Waals surface area contributed by atoms with E-state index in [4.69, 9.17) is 50.8 Å². The third-order valence-electron chi connectivity index (χ3n) is 7.55.